The molecule has 5 N–H and O–H groups in total. The number of aliphatic carboxylic acids is 1. The van der Waals surface area contributed by atoms with E-state index >= 15 is 0 Å². The Hall–Kier alpha value is -1.67. The first-order valence-electron chi connectivity index (χ1n) is 6.93. The summed E-state index contributed by atoms with van der Waals surface area (Å²) in [5.41, 5.74) is 4.29. The molecule has 21 heavy (non-hydrogen) atoms. The summed E-state index contributed by atoms with van der Waals surface area (Å²) in [6, 6.07) is -1.12. The molecule has 1 heterocycles. The van der Waals surface area contributed by atoms with Crippen LogP contribution in [0, 0.1) is 5.41 Å². The minimum Gasteiger partial charge on any atom is -0.480 e. The lowest BCUT2D eigenvalue weighted by Gasteiger charge is -2.36. The molecule has 120 valence electrons. The zero-order chi connectivity index (χ0) is 15.9. The maximum atomic E-state index is 12.5. The van der Waals surface area contributed by atoms with Crippen molar-refractivity contribution in [3.63, 3.8) is 0 Å². The molecule has 1 aliphatic heterocycles. The summed E-state index contributed by atoms with van der Waals surface area (Å²) < 4.78 is 5.14. The fourth-order valence-corrected chi connectivity index (χ4v) is 2.47. The molecule has 8 nitrogen and oxygen atoms in total. The lowest BCUT2D eigenvalue weighted by atomic mass is 9.78. The second-order valence-electron chi connectivity index (χ2n) is 5.33. The zero-order valence-electron chi connectivity index (χ0n) is 12.2. The number of nitrogens with one attached hydrogen (secondary N) is 2. The van der Waals surface area contributed by atoms with E-state index in [1.807, 2.05) is 0 Å². The minimum absolute atomic E-state index is 0.0162. The van der Waals surface area contributed by atoms with Crippen LogP contribution in [0.15, 0.2) is 0 Å². The number of carbonyl (C=O) groups is 3. The number of primary amides is 1. The number of ether oxygens (including phenoxy) is 1. The average Bonchev–Trinajstić information content (AvgIpc) is 2.43. The Bertz CT molecular complexity index is 388. The largest absolute Gasteiger partial charge is 0.480 e. The number of carbonyl (C=O) groups excluding carboxylic acids is 2. The van der Waals surface area contributed by atoms with Gasteiger partial charge in [-0.1, -0.05) is 0 Å². The van der Waals surface area contributed by atoms with Gasteiger partial charge in [0.2, 0.25) is 11.8 Å². The lowest BCUT2D eigenvalue weighted by molar-refractivity contribution is -0.146. The van der Waals surface area contributed by atoms with Gasteiger partial charge in [-0.15, -0.1) is 0 Å². The Labute approximate surface area is 123 Å². The molecule has 1 atom stereocenters. The van der Waals surface area contributed by atoms with Crippen LogP contribution in [0.3, 0.4) is 0 Å². The SMILES string of the molecule is COCC1(C(=O)N[C@@H](CCC(N)=O)C(=O)O)CCNCC1. The van der Waals surface area contributed by atoms with Gasteiger partial charge in [-0.05, 0) is 32.4 Å². The first-order chi connectivity index (χ1) is 9.91. The second-order valence-corrected chi connectivity index (χ2v) is 5.33. The highest BCUT2D eigenvalue weighted by Crippen LogP contribution is 2.29. The molecule has 0 aromatic carbocycles. The Morgan fingerprint density at radius 3 is 2.48 bits per heavy atom. The van der Waals surface area contributed by atoms with Crippen molar-refractivity contribution in [2.45, 2.75) is 31.7 Å². The first kappa shape index (κ1) is 17.4. The molecule has 0 radical (unpaired) electrons. The minimum atomic E-state index is -1.17. The maximum absolute atomic E-state index is 12.5. The van der Waals surface area contributed by atoms with Crippen LogP contribution >= 0.6 is 0 Å². The third-order valence-electron chi connectivity index (χ3n) is 3.75. The van der Waals surface area contributed by atoms with Crippen molar-refractivity contribution in [3.05, 3.63) is 0 Å². The predicted molar refractivity (Wildman–Crippen MR) is 74.4 cm³/mol. The Kier molecular flexibility index (Phi) is 6.57. The van der Waals surface area contributed by atoms with E-state index in [1.54, 1.807) is 0 Å². The monoisotopic (exact) mass is 301 g/mol. The third-order valence-corrected chi connectivity index (χ3v) is 3.75. The molecule has 0 aromatic rings. The number of nitrogens with two attached hydrogens (primary N) is 1. The quantitative estimate of drug-likeness (QED) is 0.447. The smallest absolute Gasteiger partial charge is 0.326 e. The summed E-state index contributed by atoms with van der Waals surface area (Å²) in [5, 5.41) is 14.8. The van der Waals surface area contributed by atoms with Crippen molar-refractivity contribution in [1.29, 1.82) is 0 Å². The molecule has 0 bridgehead atoms. The standard InChI is InChI=1S/C13H23N3O5/c1-21-8-13(4-6-15-7-5-13)12(20)16-9(11(18)19)2-3-10(14)17/h9,15H,2-8H2,1H3,(H2,14,17)(H,16,20)(H,18,19)/t9-/m0/s1. The van der Waals surface area contributed by atoms with Crippen LogP contribution in [0.4, 0.5) is 0 Å². The molecule has 1 fully saturated rings. The topological polar surface area (TPSA) is 131 Å². The number of piperidine rings is 1. The van der Waals surface area contributed by atoms with Crippen molar-refractivity contribution in [2.24, 2.45) is 11.1 Å². The van der Waals surface area contributed by atoms with Gasteiger partial charge in [0, 0.05) is 13.5 Å². The molecule has 1 rings (SSSR count). The van der Waals surface area contributed by atoms with Crippen molar-refractivity contribution < 1.29 is 24.2 Å². The number of carboxylic acids is 1. The van der Waals surface area contributed by atoms with E-state index in [4.69, 9.17) is 15.6 Å². The van der Waals surface area contributed by atoms with Crippen LogP contribution in [-0.4, -0.2) is 55.7 Å². The molecule has 2 amide bonds. The molecule has 0 saturated carbocycles. The lowest BCUT2D eigenvalue weighted by Crippen LogP contribution is -2.54. The van der Waals surface area contributed by atoms with Gasteiger partial charge >= 0.3 is 5.97 Å². The van der Waals surface area contributed by atoms with Crippen molar-refractivity contribution >= 4 is 17.8 Å². The number of amides is 2. The van der Waals surface area contributed by atoms with Gasteiger partial charge in [-0.2, -0.15) is 0 Å². The van der Waals surface area contributed by atoms with Crippen LogP contribution < -0.4 is 16.4 Å². The highest BCUT2D eigenvalue weighted by molar-refractivity contribution is 5.88. The van der Waals surface area contributed by atoms with Crippen LogP contribution in [0.25, 0.3) is 0 Å². The first-order valence-corrected chi connectivity index (χ1v) is 6.93. The highest BCUT2D eigenvalue weighted by Gasteiger charge is 2.41. The van der Waals surface area contributed by atoms with Crippen molar-refractivity contribution in [1.82, 2.24) is 10.6 Å². The molecule has 1 aliphatic rings. The second kappa shape index (κ2) is 7.94. The fraction of sp³-hybridized carbons (Fsp3) is 0.769. The fourth-order valence-electron chi connectivity index (χ4n) is 2.47. The molecular formula is C13H23N3O5. The van der Waals surface area contributed by atoms with Crippen molar-refractivity contribution in [3.8, 4) is 0 Å². The molecule has 0 aliphatic carbocycles. The number of hydrogen-bond acceptors (Lipinski definition) is 5. The van der Waals surface area contributed by atoms with Gasteiger partial charge in [0.25, 0.3) is 0 Å². The molecule has 1 saturated heterocycles. The van der Waals surface area contributed by atoms with Crippen LogP contribution in [0.1, 0.15) is 25.7 Å². The normalized spacial score (nSPS) is 18.7. The number of rotatable bonds is 8. The van der Waals surface area contributed by atoms with E-state index in [2.05, 4.69) is 10.6 Å². The third kappa shape index (κ3) is 4.98. The highest BCUT2D eigenvalue weighted by atomic mass is 16.5. The van der Waals surface area contributed by atoms with Gasteiger partial charge in [0.15, 0.2) is 0 Å². The zero-order valence-corrected chi connectivity index (χ0v) is 12.2. The Balaban J connectivity index is 2.72. The molecular weight excluding hydrogens is 278 g/mol. The van der Waals surface area contributed by atoms with E-state index < -0.39 is 23.3 Å². The Morgan fingerprint density at radius 2 is 2.00 bits per heavy atom. The summed E-state index contributed by atoms with van der Waals surface area (Å²) in [5.74, 6) is -2.11. The van der Waals surface area contributed by atoms with Gasteiger partial charge in [0.1, 0.15) is 6.04 Å². The van der Waals surface area contributed by atoms with Gasteiger partial charge in [-0.25, -0.2) is 4.79 Å². The van der Waals surface area contributed by atoms with Crippen molar-refractivity contribution in [2.75, 3.05) is 26.8 Å². The van der Waals surface area contributed by atoms with Gasteiger partial charge < -0.3 is 26.2 Å². The summed E-state index contributed by atoms with van der Waals surface area (Å²) in [6.07, 6.45) is 1.05. The van der Waals surface area contributed by atoms with E-state index in [1.165, 1.54) is 7.11 Å². The molecule has 0 unspecified atom stereocenters. The average molecular weight is 301 g/mol. The van der Waals surface area contributed by atoms with Gasteiger partial charge in [0.05, 0.1) is 12.0 Å². The van der Waals surface area contributed by atoms with E-state index in [-0.39, 0.29) is 25.4 Å². The van der Waals surface area contributed by atoms with Crippen LogP contribution in [0.2, 0.25) is 0 Å². The number of carboxylic acid groups (broad SMARTS) is 1. The van der Waals surface area contributed by atoms with Gasteiger partial charge in [-0.3, -0.25) is 9.59 Å². The summed E-state index contributed by atoms with van der Waals surface area (Å²) in [7, 11) is 1.51. The van der Waals surface area contributed by atoms with E-state index in [0.29, 0.717) is 25.9 Å². The number of methoxy groups -OCH3 is 1. The van der Waals surface area contributed by atoms with Crippen LogP contribution in [0.5, 0.6) is 0 Å². The Morgan fingerprint density at radius 1 is 1.38 bits per heavy atom. The predicted octanol–water partition coefficient (Wildman–Crippen LogP) is -1.16. The summed E-state index contributed by atoms with van der Waals surface area (Å²) >= 11 is 0. The maximum Gasteiger partial charge on any atom is 0.326 e. The van der Waals surface area contributed by atoms with E-state index in [9.17, 15) is 14.4 Å². The molecule has 0 aromatic heterocycles. The molecule has 8 heteroatoms. The van der Waals surface area contributed by atoms with E-state index in [0.717, 1.165) is 0 Å². The molecule has 0 spiro atoms. The number of hydrogen-bond donors (Lipinski definition) is 4. The summed E-state index contributed by atoms with van der Waals surface area (Å²) in [6.45, 7) is 1.59. The summed E-state index contributed by atoms with van der Waals surface area (Å²) in [4.78, 5) is 34.4. The van der Waals surface area contributed by atoms with Crippen LogP contribution in [-0.2, 0) is 19.1 Å².